The normalized spacial score (nSPS) is 36.6. The summed E-state index contributed by atoms with van der Waals surface area (Å²) in [5, 5.41) is 18.1. The van der Waals surface area contributed by atoms with Crippen molar-refractivity contribution in [3.63, 3.8) is 0 Å². The van der Waals surface area contributed by atoms with Gasteiger partial charge in [0.1, 0.15) is 0 Å². The lowest BCUT2D eigenvalue weighted by Crippen LogP contribution is -2.32. The Balaban J connectivity index is 1.84. The number of tetrazole rings is 1. The van der Waals surface area contributed by atoms with Gasteiger partial charge in [0.2, 0.25) is 0 Å². The number of H-pyrrole nitrogens is 1. The van der Waals surface area contributed by atoms with E-state index in [0.29, 0.717) is 11.4 Å². The number of nitrogens with zero attached hydrogens (tertiary/aromatic N) is 4. The van der Waals surface area contributed by atoms with E-state index < -0.39 is 0 Å². The molecule has 0 aromatic carbocycles. The first-order chi connectivity index (χ1) is 8.04. The molecule has 0 spiro atoms. The Bertz CT molecular complexity index is 449. The highest BCUT2D eigenvalue weighted by Crippen LogP contribution is 2.63. The van der Waals surface area contributed by atoms with Crippen molar-refractivity contribution in [1.29, 1.82) is 0 Å². The minimum Gasteiger partial charge on any atom is -0.243 e. The summed E-state index contributed by atoms with van der Waals surface area (Å²) in [7, 11) is 0. The van der Waals surface area contributed by atoms with Gasteiger partial charge in [-0.25, -0.2) is 5.43 Å². The molecule has 1 aromatic heterocycles. The van der Waals surface area contributed by atoms with Gasteiger partial charge < -0.3 is 0 Å². The molecule has 1 aromatic rings. The van der Waals surface area contributed by atoms with Crippen LogP contribution in [0.15, 0.2) is 5.10 Å². The zero-order valence-electron chi connectivity index (χ0n) is 10.5. The molecule has 1 heterocycles. The third-order valence-electron chi connectivity index (χ3n) is 5.15. The number of hydrogen-bond acceptors (Lipinski definition) is 5. The van der Waals surface area contributed by atoms with Crippen LogP contribution in [-0.2, 0) is 0 Å². The highest BCUT2D eigenvalue weighted by molar-refractivity contribution is 5.94. The Morgan fingerprint density at radius 2 is 2.24 bits per heavy atom. The number of anilines is 1. The Hall–Kier alpha value is -1.46. The second kappa shape index (κ2) is 3.27. The van der Waals surface area contributed by atoms with E-state index in [-0.39, 0.29) is 5.41 Å². The lowest BCUT2D eigenvalue weighted by atomic mass is 9.70. The smallest absolute Gasteiger partial charge is 0.243 e. The van der Waals surface area contributed by atoms with Gasteiger partial charge in [-0.15, -0.1) is 5.10 Å². The van der Waals surface area contributed by atoms with Crippen LogP contribution in [-0.4, -0.2) is 26.3 Å². The van der Waals surface area contributed by atoms with Crippen molar-refractivity contribution < 1.29 is 0 Å². The van der Waals surface area contributed by atoms with Crippen molar-refractivity contribution in [3.05, 3.63) is 0 Å². The molecule has 2 aliphatic rings. The van der Waals surface area contributed by atoms with Gasteiger partial charge in [-0.1, -0.05) is 25.9 Å². The topological polar surface area (TPSA) is 78.9 Å². The lowest BCUT2D eigenvalue weighted by Gasteiger charge is -2.34. The second-order valence-corrected chi connectivity index (χ2v) is 5.90. The summed E-state index contributed by atoms with van der Waals surface area (Å²) >= 11 is 0. The van der Waals surface area contributed by atoms with Crippen LogP contribution in [0.5, 0.6) is 0 Å². The van der Waals surface area contributed by atoms with Crippen LogP contribution in [0.25, 0.3) is 0 Å². The average Bonchev–Trinajstić information content (AvgIpc) is 2.91. The number of aromatic nitrogens is 4. The minimum atomic E-state index is 0.217. The van der Waals surface area contributed by atoms with Crippen molar-refractivity contribution >= 4 is 11.7 Å². The fourth-order valence-electron chi connectivity index (χ4n) is 3.42. The van der Waals surface area contributed by atoms with E-state index in [1.165, 1.54) is 18.6 Å². The maximum Gasteiger partial charge on any atom is 0.283 e. The summed E-state index contributed by atoms with van der Waals surface area (Å²) in [4.78, 5) is 0. The summed E-state index contributed by atoms with van der Waals surface area (Å²) in [6.45, 7) is 7.06. The van der Waals surface area contributed by atoms with Crippen molar-refractivity contribution in [2.45, 2.75) is 40.0 Å². The van der Waals surface area contributed by atoms with Gasteiger partial charge in [-0.05, 0) is 35.8 Å². The van der Waals surface area contributed by atoms with E-state index in [1.807, 2.05) is 0 Å². The lowest BCUT2D eigenvalue weighted by molar-refractivity contribution is 0.194. The molecule has 0 unspecified atom stereocenters. The highest BCUT2D eigenvalue weighted by Gasteiger charge is 2.59. The molecule has 2 bridgehead atoms. The van der Waals surface area contributed by atoms with Gasteiger partial charge >= 0.3 is 0 Å². The standard InChI is InChI=1S/C11H18N6/c1-10(2)7-4-5-11(10,3)8(6-7)12-13-9-14-16-17-15-9/h7H,4-6H2,1-3H3,(H2,13,14,15,16,17)/b12-8+/t7-,11-/m0/s1. The number of hydrogen-bond donors (Lipinski definition) is 2. The Morgan fingerprint density at radius 3 is 2.76 bits per heavy atom. The largest absolute Gasteiger partial charge is 0.283 e. The first-order valence-corrected chi connectivity index (χ1v) is 6.10. The quantitative estimate of drug-likeness (QED) is 0.765. The molecule has 2 atom stereocenters. The summed E-state index contributed by atoms with van der Waals surface area (Å²) in [5.41, 5.74) is 4.71. The zero-order valence-corrected chi connectivity index (χ0v) is 10.5. The molecular weight excluding hydrogens is 216 g/mol. The van der Waals surface area contributed by atoms with Crippen LogP contribution >= 0.6 is 0 Å². The van der Waals surface area contributed by atoms with E-state index in [0.717, 1.165) is 12.3 Å². The fraction of sp³-hybridized carbons (Fsp3) is 0.818. The van der Waals surface area contributed by atoms with Crippen LogP contribution in [0.3, 0.4) is 0 Å². The maximum absolute atomic E-state index is 4.50. The first kappa shape index (κ1) is 10.7. The molecule has 0 radical (unpaired) electrons. The van der Waals surface area contributed by atoms with Crippen molar-refractivity contribution in [2.24, 2.45) is 21.8 Å². The minimum absolute atomic E-state index is 0.217. The third kappa shape index (κ3) is 1.33. The molecule has 2 fully saturated rings. The summed E-state index contributed by atoms with van der Waals surface area (Å²) in [6.07, 6.45) is 3.65. The van der Waals surface area contributed by atoms with Crippen LogP contribution in [0.4, 0.5) is 5.95 Å². The van der Waals surface area contributed by atoms with E-state index >= 15 is 0 Å². The van der Waals surface area contributed by atoms with Crippen molar-refractivity contribution in [3.8, 4) is 0 Å². The molecule has 0 amide bonds. The molecule has 2 aliphatic carbocycles. The average molecular weight is 234 g/mol. The van der Waals surface area contributed by atoms with Crippen LogP contribution in [0, 0.1) is 16.7 Å². The predicted molar refractivity (Wildman–Crippen MR) is 64.5 cm³/mol. The Labute approximate surface area is 100 Å². The van der Waals surface area contributed by atoms with E-state index in [9.17, 15) is 0 Å². The molecule has 3 rings (SSSR count). The van der Waals surface area contributed by atoms with E-state index in [1.54, 1.807) is 0 Å². The van der Waals surface area contributed by atoms with Gasteiger partial charge in [-0.2, -0.15) is 10.3 Å². The molecule has 92 valence electrons. The second-order valence-electron chi connectivity index (χ2n) is 5.90. The van der Waals surface area contributed by atoms with Gasteiger partial charge in [0, 0.05) is 11.1 Å². The van der Waals surface area contributed by atoms with Crippen LogP contribution < -0.4 is 5.43 Å². The molecule has 6 nitrogen and oxygen atoms in total. The highest BCUT2D eigenvalue weighted by atomic mass is 15.5. The van der Waals surface area contributed by atoms with E-state index in [4.69, 9.17) is 0 Å². The SMILES string of the molecule is CC1(C)[C@H]2CC[C@@]1(C)/C(=N/Nc1nn[nH]n1)C2. The monoisotopic (exact) mass is 234 g/mol. The van der Waals surface area contributed by atoms with Crippen LogP contribution in [0.1, 0.15) is 40.0 Å². The van der Waals surface area contributed by atoms with Crippen molar-refractivity contribution in [2.75, 3.05) is 5.43 Å². The molecule has 17 heavy (non-hydrogen) atoms. The molecule has 2 saturated carbocycles. The number of rotatable bonds is 2. The Morgan fingerprint density at radius 1 is 1.41 bits per heavy atom. The van der Waals surface area contributed by atoms with Crippen LogP contribution in [0.2, 0.25) is 0 Å². The molecule has 0 saturated heterocycles. The molecule has 2 N–H and O–H groups in total. The predicted octanol–water partition coefficient (Wildman–Crippen LogP) is 1.81. The first-order valence-electron chi connectivity index (χ1n) is 6.10. The van der Waals surface area contributed by atoms with E-state index in [2.05, 4.69) is 51.9 Å². The molecular formula is C11H18N6. The summed E-state index contributed by atoms with van der Waals surface area (Å²) in [6, 6.07) is 0. The number of hydrazone groups is 1. The number of nitrogens with one attached hydrogen (secondary N) is 2. The fourth-order valence-corrected chi connectivity index (χ4v) is 3.42. The number of fused-ring (bicyclic) bond motifs is 2. The summed E-state index contributed by atoms with van der Waals surface area (Å²) < 4.78 is 0. The third-order valence-corrected chi connectivity index (χ3v) is 5.15. The maximum atomic E-state index is 4.50. The van der Waals surface area contributed by atoms with Gasteiger partial charge in [-0.3, -0.25) is 0 Å². The van der Waals surface area contributed by atoms with Gasteiger partial charge in [0.15, 0.2) is 0 Å². The Kier molecular flexibility index (Phi) is 2.06. The zero-order chi connectivity index (χ0) is 12.1. The number of aromatic amines is 1. The summed E-state index contributed by atoms with van der Waals surface area (Å²) in [5.74, 6) is 1.19. The van der Waals surface area contributed by atoms with Gasteiger partial charge in [0.25, 0.3) is 5.95 Å². The van der Waals surface area contributed by atoms with Crippen molar-refractivity contribution in [1.82, 2.24) is 20.6 Å². The molecule has 6 heteroatoms. The van der Waals surface area contributed by atoms with Gasteiger partial charge in [0.05, 0.1) is 0 Å². The molecule has 0 aliphatic heterocycles.